The molecular formula is C21H29ClN4O3S. The fourth-order valence-corrected chi connectivity index (χ4v) is 5.03. The summed E-state index contributed by atoms with van der Waals surface area (Å²) in [6.45, 7) is 5.98. The zero-order chi connectivity index (χ0) is 21.9. The normalized spacial score (nSPS) is 13.2. The molecule has 0 saturated carbocycles. The number of fused-ring (bicyclic) bond motifs is 1. The van der Waals surface area contributed by atoms with E-state index in [2.05, 4.69) is 23.7 Å². The maximum atomic E-state index is 12.8. The summed E-state index contributed by atoms with van der Waals surface area (Å²) in [7, 11) is -2.20. The molecule has 0 saturated heterocycles. The first-order valence-corrected chi connectivity index (χ1v) is 12.5. The highest BCUT2D eigenvalue weighted by Gasteiger charge is 2.30. The average molecular weight is 453 g/mol. The van der Waals surface area contributed by atoms with Gasteiger partial charge in [-0.3, -0.25) is 0 Å². The number of aryl methyl sites for hydroxylation is 1. The summed E-state index contributed by atoms with van der Waals surface area (Å²) in [6, 6.07) is 4.88. The molecule has 30 heavy (non-hydrogen) atoms. The number of hydrogen-bond donors (Lipinski definition) is 0. The van der Waals surface area contributed by atoms with Crippen molar-refractivity contribution in [3.63, 3.8) is 0 Å². The van der Waals surface area contributed by atoms with Crippen molar-refractivity contribution in [1.82, 2.24) is 9.97 Å². The molecule has 7 nitrogen and oxygen atoms in total. The first kappa shape index (κ1) is 22.6. The van der Waals surface area contributed by atoms with Crippen LogP contribution >= 0.6 is 11.6 Å². The third kappa shape index (κ3) is 4.64. The van der Waals surface area contributed by atoms with Crippen molar-refractivity contribution in [2.45, 2.75) is 46.0 Å². The number of sulfonamides is 1. The minimum absolute atomic E-state index is 0.137. The van der Waals surface area contributed by atoms with E-state index in [4.69, 9.17) is 21.3 Å². The quantitative estimate of drug-likeness (QED) is 0.563. The lowest BCUT2D eigenvalue weighted by atomic mass is 10.2. The predicted molar refractivity (Wildman–Crippen MR) is 122 cm³/mol. The van der Waals surface area contributed by atoms with Gasteiger partial charge < -0.3 is 9.64 Å². The molecule has 0 unspecified atom stereocenters. The van der Waals surface area contributed by atoms with Crippen LogP contribution in [0.25, 0.3) is 0 Å². The number of nitrogens with zero attached hydrogens (tertiary/aromatic N) is 4. The molecule has 0 bridgehead atoms. The SMILES string of the molecule is CCCN(CCC)c1nc(N(c2ccc(OC)cc2Cl)S(C)(=O)=O)nc2c1CCC2. The van der Waals surface area contributed by atoms with Crippen LogP contribution in [0.5, 0.6) is 5.75 Å². The van der Waals surface area contributed by atoms with E-state index < -0.39 is 10.0 Å². The lowest BCUT2D eigenvalue weighted by molar-refractivity contribution is 0.415. The fraction of sp³-hybridized carbons (Fsp3) is 0.524. The van der Waals surface area contributed by atoms with E-state index >= 15 is 0 Å². The van der Waals surface area contributed by atoms with Crippen molar-refractivity contribution in [2.24, 2.45) is 0 Å². The molecule has 0 aliphatic heterocycles. The second-order valence-electron chi connectivity index (χ2n) is 7.46. The summed E-state index contributed by atoms with van der Waals surface area (Å²) in [6.07, 6.45) is 5.83. The van der Waals surface area contributed by atoms with Crippen molar-refractivity contribution in [1.29, 1.82) is 0 Å². The van der Waals surface area contributed by atoms with Crippen molar-refractivity contribution in [3.05, 3.63) is 34.5 Å². The van der Waals surface area contributed by atoms with Crippen LogP contribution in [0.3, 0.4) is 0 Å². The molecule has 0 spiro atoms. The zero-order valence-electron chi connectivity index (χ0n) is 18.0. The van der Waals surface area contributed by atoms with Gasteiger partial charge in [0.25, 0.3) is 0 Å². The third-order valence-electron chi connectivity index (χ3n) is 5.07. The minimum atomic E-state index is -3.73. The zero-order valence-corrected chi connectivity index (χ0v) is 19.6. The molecule has 0 N–H and O–H groups in total. The van der Waals surface area contributed by atoms with Crippen LogP contribution in [0.2, 0.25) is 5.02 Å². The Morgan fingerprint density at radius 3 is 2.40 bits per heavy atom. The summed E-state index contributed by atoms with van der Waals surface area (Å²) in [5.41, 5.74) is 2.36. The lowest BCUT2D eigenvalue weighted by Crippen LogP contribution is -2.31. The monoisotopic (exact) mass is 452 g/mol. The van der Waals surface area contributed by atoms with Gasteiger partial charge in [0.15, 0.2) is 0 Å². The van der Waals surface area contributed by atoms with Gasteiger partial charge >= 0.3 is 0 Å². The smallest absolute Gasteiger partial charge is 0.246 e. The molecule has 0 atom stereocenters. The largest absolute Gasteiger partial charge is 0.497 e. The van der Waals surface area contributed by atoms with Gasteiger partial charge in [-0.1, -0.05) is 25.4 Å². The molecule has 3 rings (SSSR count). The topological polar surface area (TPSA) is 75.6 Å². The Balaban J connectivity index is 2.19. The minimum Gasteiger partial charge on any atom is -0.497 e. The maximum absolute atomic E-state index is 12.8. The molecule has 1 heterocycles. The summed E-state index contributed by atoms with van der Waals surface area (Å²) in [5.74, 6) is 1.52. The van der Waals surface area contributed by atoms with Crippen molar-refractivity contribution in [2.75, 3.05) is 35.7 Å². The molecule has 0 amide bonds. The molecule has 2 aromatic rings. The Bertz CT molecular complexity index is 1010. The van der Waals surface area contributed by atoms with E-state index in [1.54, 1.807) is 18.2 Å². The summed E-state index contributed by atoms with van der Waals surface area (Å²) < 4.78 is 32.0. The van der Waals surface area contributed by atoms with Crippen LogP contribution in [0.1, 0.15) is 44.4 Å². The number of rotatable bonds is 9. The predicted octanol–water partition coefficient (Wildman–Crippen LogP) is 4.35. The van der Waals surface area contributed by atoms with Gasteiger partial charge in [0.05, 0.1) is 29.8 Å². The Labute approximate surface area is 184 Å². The van der Waals surface area contributed by atoms with E-state index in [1.165, 1.54) is 7.11 Å². The number of halogens is 1. The molecule has 164 valence electrons. The standard InChI is InChI=1S/C21H29ClN4O3S/c1-5-12-25(13-6-2)20-16-8-7-9-18(16)23-21(24-20)26(30(4,27)28)19-11-10-15(29-3)14-17(19)22/h10-11,14H,5-9,12-13H2,1-4H3. The Kier molecular flexibility index (Phi) is 7.08. The second-order valence-corrected chi connectivity index (χ2v) is 9.70. The molecule has 9 heteroatoms. The van der Waals surface area contributed by atoms with Gasteiger partial charge in [-0.15, -0.1) is 0 Å². The molecular weight excluding hydrogens is 424 g/mol. The summed E-state index contributed by atoms with van der Waals surface area (Å²) in [5, 5.41) is 0.254. The van der Waals surface area contributed by atoms with Gasteiger partial charge in [0.1, 0.15) is 11.6 Å². The van der Waals surface area contributed by atoms with Crippen molar-refractivity contribution < 1.29 is 13.2 Å². The first-order valence-electron chi connectivity index (χ1n) is 10.3. The van der Waals surface area contributed by atoms with Crippen LogP contribution in [0.15, 0.2) is 18.2 Å². The third-order valence-corrected chi connectivity index (χ3v) is 6.40. The summed E-state index contributed by atoms with van der Waals surface area (Å²) >= 11 is 6.43. The first-order chi connectivity index (χ1) is 14.3. The molecule has 1 aromatic carbocycles. The van der Waals surface area contributed by atoms with E-state index in [0.717, 1.165) is 72.8 Å². The number of aromatic nitrogens is 2. The molecule has 1 aliphatic rings. The van der Waals surface area contributed by atoms with Crippen LogP contribution in [0.4, 0.5) is 17.5 Å². The van der Waals surface area contributed by atoms with Crippen LogP contribution in [-0.2, 0) is 22.9 Å². The van der Waals surface area contributed by atoms with E-state index in [0.29, 0.717) is 11.4 Å². The summed E-state index contributed by atoms with van der Waals surface area (Å²) in [4.78, 5) is 11.7. The van der Waals surface area contributed by atoms with Crippen LogP contribution < -0.4 is 13.9 Å². The number of hydrogen-bond acceptors (Lipinski definition) is 6. The number of ether oxygens (including phenoxy) is 1. The highest BCUT2D eigenvalue weighted by Crippen LogP contribution is 2.38. The van der Waals surface area contributed by atoms with Gasteiger partial charge in [-0.05, 0) is 44.2 Å². The Hall–Kier alpha value is -2.06. The molecule has 0 fully saturated rings. The van der Waals surface area contributed by atoms with Crippen LogP contribution in [-0.4, -0.2) is 44.8 Å². The van der Waals surface area contributed by atoms with Crippen molar-refractivity contribution in [3.8, 4) is 5.75 Å². The lowest BCUT2D eigenvalue weighted by Gasteiger charge is -2.28. The highest BCUT2D eigenvalue weighted by atomic mass is 35.5. The molecule has 0 radical (unpaired) electrons. The highest BCUT2D eigenvalue weighted by molar-refractivity contribution is 7.92. The number of benzene rings is 1. The molecule has 1 aliphatic carbocycles. The number of methoxy groups -OCH3 is 1. The van der Waals surface area contributed by atoms with E-state index in [-0.39, 0.29) is 11.0 Å². The van der Waals surface area contributed by atoms with Gasteiger partial charge in [-0.25, -0.2) is 17.7 Å². The Morgan fingerprint density at radius 1 is 1.13 bits per heavy atom. The van der Waals surface area contributed by atoms with Crippen LogP contribution in [0, 0.1) is 0 Å². The fourth-order valence-electron chi connectivity index (χ4n) is 3.83. The van der Waals surface area contributed by atoms with E-state index in [9.17, 15) is 8.42 Å². The maximum Gasteiger partial charge on any atom is 0.246 e. The van der Waals surface area contributed by atoms with Gasteiger partial charge in [0, 0.05) is 24.7 Å². The van der Waals surface area contributed by atoms with Gasteiger partial charge in [0.2, 0.25) is 16.0 Å². The Morgan fingerprint density at radius 2 is 1.83 bits per heavy atom. The van der Waals surface area contributed by atoms with Gasteiger partial charge in [-0.2, -0.15) is 4.98 Å². The molecule has 1 aromatic heterocycles. The van der Waals surface area contributed by atoms with Crippen molar-refractivity contribution >= 4 is 39.1 Å². The van der Waals surface area contributed by atoms with E-state index in [1.807, 2.05) is 0 Å². The second kappa shape index (κ2) is 9.39. The average Bonchev–Trinajstić information content (AvgIpc) is 3.16. The number of anilines is 3.